The zero-order valence-electron chi connectivity index (χ0n) is 11.6. The summed E-state index contributed by atoms with van der Waals surface area (Å²) in [5, 5.41) is 3.18. The van der Waals surface area contributed by atoms with E-state index in [1.807, 2.05) is 0 Å². The molecule has 1 saturated heterocycles. The Balaban J connectivity index is 1.85. The van der Waals surface area contributed by atoms with Crippen molar-refractivity contribution in [3.8, 4) is 0 Å². The number of nitrogens with zero attached hydrogens (tertiary/aromatic N) is 1. The van der Waals surface area contributed by atoms with E-state index in [4.69, 9.17) is 11.6 Å². The first-order chi connectivity index (χ1) is 9.97. The minimum atomic E-state index is -0.577. The molecule has 1 N–H and O–H groups in total. The molecule has 1 aliphatic carbocycles. The lowest BCUT2D eigenvalue weighted by Crippen LogP contribution is -2.62. The minimum absolute atomic E-state index is 0.107. The Hall–Kier alpha value is -1.62. The summed E-state index contributed by atoms with van der Waals surface area (Å²) >= 11 is 6.05. The SMILES string of the molecule is CC1C(=O)NC(C2CC2)C(=O)N1Cc1cc(F)ccc1Cl. The lowest BCUT2D eigenvalue weighted by atomic mass is 10.0. The van der Waals surface area contributed by atoms with Crippen LogP contribution in [-0.2, 0) is 16.1 Å². The second-order valence-electron chi connectivity index (χ2n) is 5.70. The molecule has 4 nitrogen and oxygen atoms in total. The molecule has 1 aliphatic heterocycles. The van der Waals surface area contributed by atoms with Crippen molar-refractivity contribution in [2.75, 3.05) is 0 Å². The molecule has 0 radical (unpaired) electrons. The first-order valence-electron chi connectivity index (χ1n) is 7.02. The van der Waals surface area contributed by atoms with Gasteiger partial charge in [0.2, 0.25) is 11.8 Å². The molecule has 0 bridgehead atoms. The Morgan fingerprint density at radius 3 is 2.76 bits per heavy atom. The van der Waals surface area contributed by atoms with Gasteiger partial charge >= 0.3 is 0 Å². The third-order valence-electron chi connectivity index (χ3n) is 4.14. The normalized spacial score (nSPS) is 26.0. The van der Waals surface area contributed by atoms with E-state index in [1.54, 1.807) is 6.92 Å². The van der Waals surface area contributed by atoms with Gasteiger partial charge in [-0.3, -0.25) is 9.59 Å². The van der Waals surface area contributed by atoms with E-state index in [9.17, 15) is 14.0 Å². The predicted molar refractivity (Wildman–Crippen MR) is 76.1 cm³/mol. The topological polar surface area (TPSA) is 49.4 Å². The highest BCUT2D eigenvalue weighted by Crippen LogP contribution is 2.35. The third kappa shape index (κ3) is 2.75. The Morgan fingerprint density at radius 2 is 2.10 bits per heavy atom. The van der Waals surface area contributed by atoms with E-state index in [0.29, 0.717) is 10.6 Å². The van der Waals surface area contributed by atoms with Gasteiger partial charge in [-0.2, -0.15) is 0 Å². The van der Waals surface area contributed by atoms with Crippen LogP contribution in [-0.4, -0.2) is 28.8 Å². The van der Waals surface area contributed by atoms with Crippen LogP contribution in [0.3, 0.4) is 0 Å². The molecule has 6 heteroatoms. The second kappa shape index (κ2) is 5.30. The molecule has 2 amide bonds. The maximum Gasteiger partial charge on any atom is 0.246 e. The summed E-state index contributed by atoms with van der Waals surface area (Å²) in [6, 6.07) is 3.02. The minimum Gasteiger partial charge on any atom is -0.342 e. The average Bonchev–Trinajstić information content (AvgIpc) is 3.27. The Bertz CT molecular complexity index is 603. The second-order valence-corrected chi connectivity index (χ2v) is 6.11. The Labute approximate surface area is 127 Å². The van der Waals surface area contributed by atoms with Gasteiger partial charge in [-0.05, 0) is 49.4 Å². The number of piperazine rings is 1. The molecule has 2 fully saturated rings. The zero-order chi connectivity index (χ0) is 15.1. The van der Waals surface area contributed by atoms with Gasteiger partial charge in [0.15, 0.2) is 0 Å². The average molecular weight is 311 g/mol. The standard InChI is InChI=1S/C15H16ClFN2O2/c1-8-14(20)18-13(9-2-3-9)15(21)19(8)7-10-6-11(17)4-5-12(10)16/h4-6,8-9,13H,2-3,7H2,1H3,(H,18,20). The van der Waals surface area contributed by atoms with Gasteiger partial charge in [0.05, 0.1) is 0 Å². The summed E-state index contributed by atoms with van der Waals surface area (Å²) in [5.74, 6) is -0.446. The monoisotopic (exact) mass is 310 g/mol. The van der Waals surface area contributed by atoms with Crippen LogP contribution in [0.25, 0.3) is 0 Å². The summed E-state index contributed by atoms with van der Waals surface area (Å²) in [6.45, 7) is 1.82. The molecule has 1 saturated carbocycles. The summed E-state index contributed by atoms with van der Waals surface area (Å²) in [7, 11) is 0. The molecule has 2 aliphatic rings. The quantitative estimate of drug-likeness (QED) is 0.929. The number of carbonyl (C=O) groups excluding carboxylic acids is 2. The van der Waals surface area contributed by atoms with Gasteiger partial charge < -0.3 is 10.2 Å². The van der Waals surface area contributed by atoms with Gasteiger partial charge in [0, 0.05) is 11.6 Å². The highest BCUT2D eigenvalue weighted by molar-refractivity contribution is 6.31. The number of hydrogen-bond acceptors (Lipinski definition) is 2. The fourth-order valence-electron chi connectivity index (χ4n) is 2.66. The molecule has 1 aromatic carbocycles. The number of benzene rings is 1. The molecule has 1 heterocycles. The molecule has 2 atom stereocenters. The molecule has 3 rings (SSSR count). The maximum atomic E-state index is 13.3. The van der Waals surface area contributed by atoms with Crippen LogP contribution in [0.2, 0.25) is 5.02 Å². The van der Waals surface area contributed by atoms with Crippen molar-refractivity contribution in [1.82, 2.24) is 10.2 Å². The Kier molecular flexibility index (Phi) is 3.61. The highest BCUT2D eigenvalue weighted by atomic mass is 35.5. The van der Waals surface area contributed by atoms with Crippen LogP contribution in [0.15, 0.2) is 18.2 Å². The molecule has 0 aromatic heterocycles. The van der Waals surface area contributed by atoms with Crippen molar-refractivity contribution >= 4 is 23.4 Å². The van der Waals surface area contributed by atoms with Gasteiger partial charge in [-0.1, -0.05) is 11.6 Å². The van der Waals surface area contributed by atoms with E-state index in [2.05, 4.69) is 5.32 Å². The highest BCUT2D eigenvalue weighted by Gasteiger charge is 2.45. The number of rotatable bonds is 3. The van der Waals surface area contributed by atoms with Crippen molar-refractivity contribution in [1.29, 1.82) is 0 Å². The lowest BCUT2D eigenvalue weighted by molar-refractivity contribution is -0.149. The summed E-state index contributed by atoms with van der Waals surface area (Å²) < 4.78 is 13.3. The van der Waals surface area contributed by atoms with E-state index in [0.717, 1.165) is 12.8 Å². The number of halogens is 2. The van der Waals surface area contributed by atoms with E-state index >= 15 is 0 Å². The van der Waals surface area contributed by atoms with Crippen molar-refractivity contribution in [2.24, 2.45) is 5.92 Å². The van der Waals surface area contributed by atoms with Crippen LogP contribution in [0.4, 0.5) is 4.39 Å². The van der Waals surface area contributed by atoms with E-state index in [-0.39, 0.29) is 24.3 Å². The summed E-state index contributed by atoms with van der Waals surface area (Å²) in [4.78, 5) is 26.0. The van der Waals surface area contributed by atoms with Crippen LogP contribution < -0.4 is 5.32 Å². The first kappa shape index (κ1) is 14.3. The molecular formula is C15H16ClFN2O2. The van der Waals surface area contributed by atoms with Crippen LogP contribution in [0.5, 0.6) is 0 Å². The first-order valence-corrected chi connectivity index (χ1v) is 7.40. The number of hydrogen-bond donors (Lipinski definition) is 1. The molecule has 1 aromatic rings. The zero-order valence-corrected chi connectivity index (χ0v) is 12.4. The number of carbonyl (C=O) groups is 2. The fourth-order valence-corrected chi connectivity index (χ4v) is 2.84. The van der Waals surface area contributed by atoms with Crippen LogP contribution in [0.1, 0.15) is 25.3 Å². The smallest absolute Gasteiger partial charge is 0.246 e. The summed E-state index contributed by atoms with van der Waals surface area (Å²) in [5.41, 5.74) is 0.515. The van der Waals surface area contributed by atoms with Crippen molar-refractivity contribution < 1.29 is 14.0 Å². The molecule has 112 valence electrons. The van der Waals surface area contributed by atoms with Crippen LogP contribution in [0, 0.1) is 11.7 Å². The van der Waals surface area contributed by atoms with Gasteiger partial charge in [-0.15, -0.1) is 0 Å². The number of nitrogens with one attached hydrogen (secondary N) is 1. The van der Waals surface area contributed by atoms with Gasteiger partial charge in [0.25, 0.3) is 0 Å². The molecule has 0 spiro atoms. The predicted octanol–water partition coefficient (Wildman–Crippen LogP) is 2.10. The Morgan fingerprint density at radius 1 is 1.38 bits per heavy atom. The van der Waals surface area contributed by atoms with Crippen LogP contribution >= 0.6 is 11.6 Å². The largest absolute Gasteiger partial charge is 0.342 e. The number of amides is 2. The van der Waals surface area contributed by atoms with Crippen molar-refractivity contribution in [3.63, 3.8) is 0 Å². The fraction of sp³-hybridized carbons (Fsp3) is 0.467. The van der Waals surface area contributed by atoms with E-state index in [1.165, 1.54) is 23.1 Å². The van der Waals surface area contributed by atoms with E-state index < -0.39 is 17.9 Å². The molecular weight excluding hydrogens is 295 g/mol. The molecule has 21 heavy (non-hydrogen) atoms. The van der Waals surface area contributed by atoms with Crippen molar-refractivity contribution in [2.45, 2.75) is 38.4 Å². The molecule has 2 unspecified atom stereocenters. The summed E-state index contributed by atoms with van der Waals surface area (Å²) in [6.07, 6.45) is 1.92. The van der Waals surface area contributed by atoms with Crippen molar-refractivity contribution in [3.05, 3.63) is 34.6 Å². The maximum absolute atomic E-state index is 13.3. The van der Waals surface area contributed by atoms with Gasteiger partial charge in [-0.25, -0.2) is 4.39 Å². The third-order valence-corrected chi connectivity index (χ3v) is 4.50. The lowest BCUT2D eigenvalue weighted by Gasteiger charge is -2.37. The van der Waals surface area contributed by atoms with Gasteiger partial charge in [0.1, 0.15) is 17.9 Å².